The zero-order valence-electron chi connectivity index (χ0n) is 14.7. The SMILES string of the molecule is N#Cc1ccccc1NC(=O)C[C@H]([NH2+]CCC[NH+]1CCOCC1)C(=O)[O-]. The van der Waals surface area contributed by atoms with E-state index >= 15 is 0 Å². The maximum absolute atomic E-state index is 12.1. The van der Waals surface area contributed by atoms with Gasteiger partial charge in [0, 0.05) is 6.42 Å². The van der Waals surface area contributed by atoms with E-state index in [2.05, 4.69) is 5.32 Å². The van der Waals surface area contributed by atoms with Gasteiger partial charge in [0.1, 0.15) is 25.2 Å². The third-order valence-corrected chi connectivity index (χ3v) is 4.42. The van der Waals surface area contributed by atoms with Crippen LogP contribution in [-0.4, -0.2) is 57.3 Å². The highest BCUT2D eigenvalue weighted by Crippen LogP contribution is 2.13. The molecular formula is C18H25N4O4+. The van der Waals surface area contributed by atoms with Crippen LogP contribution in [0.3, 0.4) is 0 Å². The molecule has 1 aromatic carbocycles. The molecule has 26 heavy (non-hydrogen) atoms. The molecule has 1 heterocycles. The third kappa shape index (κ3) is 6.44. The van der Waals surface area contributed by atoms with Crippen molar-refractivity contribution in [2.45, 2.75) is 18.9 Å². The van der Waals surface area contributed by atoms with Crippen molar-refractivity contribution in [3.8, 4) is 6.07 Å². The number of carboxylic acids is 1. The van der Waals surface area contributed by atoms with Gasteiger partial charge in [-0.3, -0.25) is 4.79 Å². The van der Waals surface area contributed by atoms with Gasteiger partial charge in [-0.05, 0) is 12.1 Å². The fourth-order valence-corrected chi connectivity index (χ4v) is 2.93. The van der Waals surface area contributed by atoms with Gasteiger partial charge in [0.15, 0.2) is 0 Å². The Bertz CT molecular complexity index is 653. The molecule has 0 radical (unpaired) electrons. The molecule has 8 heteroatoms. The number of carbonyl (C=O) groups is 2. The van der Waals surface area contributed by atoms with Gasteiger partial charge in [0.05, 0.1) is 49.9 Å². The normalized spacial score (nSPS) is 15.8. The average molecular weight is 361 g/mol. The summed E-state index contributed by atoms with van der Waals surface area (Å²) in [5, 5.41) is 24.6. The molecule has 2 rings (SSSR count). The van der Waals surface area contributed by atoms with Gasteiger partial charge >= 0.3 is 0 Å². The van der Waals surface area contributed by atoms with Crippen LogP contribution in [0, 0.1) is 11.3 Å². The van der Waals surface area contributed by atoms with E-state index in [9.17, 15) is 14.7 Å². The van der Waals surface area contributed by atoms with Gasteiger partial charge in [0.2, 0.25) is 5.91 Å². The number of carboxylic acid groups (broad SMARTS) is 1. The van der Waals surface area contributed by atoms with E-state index in [-0.39, 0.29) is 6.42 Å². The molecule has 1 amide bonds. The van der Waals surface area contributed by atoms with Crippen molar-refractivity contribution < 1.29 is 29.6 Å². The molecule has 4 N–H and O–H groups in total. The summed E-state index contributed by atoms with van der Waals surface area (Å²) in [6.07, 6.45) is 0.657. The van der Waals surface area contributed by atoms with E-state index in [0.29, 0.717) is 17.8 Å². The molecule has 8 nitrogen and oxygen atoms in total. The molecule has 140 valence electrons. The second-order valence-electron chi connectivity index (χ2n) is 6.33. The van der Waals surface area contributed by atoms with E-state index in [1.54, 1.807) is 29.6 Å². The van der Waals surface area contributed by atoms with Crippen LogP contribution in [0.15, 0.2) is 24.3 Å². The Labute approximate surface area is 152 Å². The van der Waals surface area contributed by atoms with Crippen molar-refractivity contribution in [3.63, 3.8) is 0 Å². The van der Waals surface area contributed by atoms with Crippen LogP contribution in [0.1, 0.15) is 18.4 Å². The van der Waals surface area contributed by atoms with Crippen molar-refractivity contribution in [2.24, 2.45) is 0 Å². The quantitative estimate of drug-likeness (QED) is 0.402. The van der Waals surface area contributed by atoms with Crippen LogP contribution >= 0.6 is 0 Å². The van der Waals surface area contributed by atoms with E-state index < -0.39 is 17.9 Å². The first kappa shape index (κ1) is 19.8. The number of quaternary nitrogens is 2. The molecule has 0 bridgehead atoms. The fraction of sp³-hybridized carbons (Fsp3) is 0.500. The number of amides is 1. The Kier molecular flexibility index (Phi) is 8.02. The van der Waals surface area contributed by atoms with Crippen molar-refractivity contribution in [1.82, 2.24) is 0 Å². The molecule has 1 fully saturated rings. The third-order valence-electron chi connectivity index (χ3n) is 4.42. The van der Waals surface area contributed by atoms with Gasteiger partial charge < -0.3 is 30.2 Å². The number of anilines is 1. The van der Waals surface area contributed by atoms with Crippen molar-refractivity contribution in [1.29, 1.82) is 5.26 Å². The highest BCUT2D eigenvalue weighted by molar-refractivity contribution is 5.94. The number of hydrogen-bond acceptors (Lipinski definition) is 5. The summed E-state index contributed by atoms with van der Waals surface area (Å²) < 4.78 is 5.31. The number of aliphatic carboxylic acids is 1. The summed E-state index contributed by atoms with van der Waals surface area (Å²) in [5.74, 6) is -1.70. The molecule has 1 atom stereocenters. The molecule has 1 saturated heterocycles. The number of nitrogens with two attached hydrogens (primary N) is 1. The number of para-hydroxylation sites is 1. The number of nitrogens with one attached hydrogen (secondary N) is 2. The zero-order chi connectivity index (χ0) is 18.8. The lowest BCUT2D eigenvalue weighted by Gasteiger charge is -2.23. The molecule has 1 aromatic rings. The van der Waals surface area contributed by atoms with Crippen LogP contribution in [0.5, 0.6) is 0 Å². The van der Waals surface area contributed by atoms with E-state index in [4.69, 9.17) is 10.00 Å². The summed E-state index contributed by atoms with van der Waals surface area (Å²) in [7, 11) is 0. The molecule has 0 spiro atoms. The predicted molar refractivity (Wildman–Crippen MR) is 91.0 cm³/mol. The summed E-state index contributed by atoms with van der Waals surface area (Å²) in [5.41, 5.74) is 0.719. The smallest absolute Gasteiger partial charge is 0.230 e. The summed E-state index contributed by atoms with van der Waals surface area (Å²) in [4.78, 5) is 24.9. The number of nitriles is 1. The Hall–Kier alpha value is -2.47. The van der Waals surface area contributed by atoms with Crippen LogP contribution in [0.2, 0.25) is 0 Å². The molecule has 0 saturated carbocycles. The van der Waals surface area contributed by atoms with E-state index in [1.165, 1.54) is 4.90 Å². The van der Waals surface area contributed by atoms with Gasteiger partial charge in [-0.1, -0.05) is 12.1 Å². The lowest BCUT2D eigenvalue weighted by molar-refractivity contribution is -0.909. The van der Waals surface area contributed by atoms with Gasteiger partial charge in [-0.25, -0.2) is 0 Å². The van der Waals surface area contributed by atoms with Gasteiger partial charge in [0.25, 0.3) is 0 Å². The van der Waals surface area contributed by atoms with Crippen LogP contribution < -0.4 is 20.6 Å². The highest BCUT2D eigenvalue weighted by atomic mass is 16.5. The van der Waals surface area contributed by atoms with E-state index in [1.807, 2.05) is 6.07 Å². The number of carbonyl (C=O) groups excluding carboxylic acids is 2. The largest absolute Gasteiger partial charge is 0.544 e. The van der Waals surface area contributed by atoms with Crippen molar-refractivity contribution in [3.05, 3.63) is 29.8 Å². The monoisotopic (exact) mass is 361 g/mol. The molecule has 0 aromatic heterocycles. The molecular weight excluding hydrogens is 336 g/mol. The lowest BCUT2D eigenvalue weighted by atomic mass is 10.1. The number of morpholine rings is 1. The lowest BCUT2D eigenvalue weighted by Crippen LogP contribution is -3.14. The number of hydrogen-bond donors (Lipinski definition) is 3. The topological polar surface area (TPSA) is 123 Å². The summed E-state index contributed by atoms with van der Waals surface area (Å²) in [6, 6.07) is 7.64. The first-order chi connectivity index (χ1) is 12.6. The maximum Gasteiger partial charge on any atom is 0.230 e. The number of ether oxygens (including phenoxy) is 1. The zero-order valence-corrected chi connectivity index (χ0v) is 14.7. The average Bonchev–Trinajstić information content (AvgIpc) is 2.65. The minimum absolute atomic E-state index is 0.202. The summed E-state index contributed by atoms with van der Waals surface area (Å²) in [6.45, 7) is 5.07. The van der Waals surface area contributed by atoms with Crippen molar-refractivity contribution >= 4 is 17.6 Å². The Balaban J connectivity index is 1.76. The number of nitrogens with zero attached hydrogens (tertiary/aromatic N) is 1. The fourth-order valence-electron chi connectivity index (χ4n) is 2.93. The second kappa shape index (κ2) is 10.5. The second-order valence-corrected chi connectivity index (χ2v) is 6.33. The molecule has 1 aliphatic rings. The number of benzene rings is 1. The first-order valence-electron chi connectivity index (χ1n) is 8.84. The molecule has 1 aliphatic heterocycles. The minimum atomic E-state index is -1.26. The Morgan fingerprint density at radius 3 is 2.77 bits per heavy atom. The summed E-state index contributed by atoms with van der Waals surface area (Å²) >= 11 is 0. The highest BCUT2D eigenvalue weighted by Gasteiger charge is 2.20. The standard InChI is InChI=1S/C18H24N4O4/c19-13-14-4-1-2-5-15(14)21-17(23)12-16(18(24)25)20-6-3-7-22-8-10-26-11-9-22/h1-2,4-5,16,20H,3,6-12H2,(H,21,23)(H,24,25)/p+1/t16-/m0/s1. The van der Waals surface area contributed by atoms with Gasteiger partial charge in [-0.15, -0.1) is 0 Å². The predicted octanol–water partition coefficient (Wildman–Crippen LogP) is -3.13. The molecule has 0 aliphatic carbocycles. The Morgan fingerprint density at radius 2 is 2.08 bits per heavy atom. The van der Waals surface area contributed by atoms with Crippen LogP contribution in [0.25, 0.3) is 0 Å². The first-order valence-corrected chi connectivity index (χ1v) is 8.84. The van der Waals surface area contributed by atoms with Crippen LogP contribution in [-0.2, 0) is 14.3 Å². The minimum Gasteiger partial charge on any atom is -0.544 e. The van der Waals surface area contributed by atoms with Crippen LogP contribution in [0.4, 0.5) is 5.69 Å². The van der Waals surface area contributed by atoms with Gasteiger partial charge in [-0.2, -0.15) is 5.26 Å². The van der Waals surface area contributed by atoms with Crippen molar-refractivity contribution in [2.75, 3.05) is 44.7 Å². The molecule has 0 unspecified atom stereocenters. The number of rotatable bonds is 9. The van der Waals surface area contributed by atoms with E-state index in [0.717, 1.165) is 39.3 Å². The maximum atomic E-state index is 12.1. The Morgan fingerprint density at radius 1 is 1.35 bits per heavy atom.